The maximum absolute atomic E-state index is 11.9. The largest absolute Gasteiger partial charge is 0.486 e. The molecule has 2 rings (SSSR count). The predicted molar refractivity (Wildman–Crippen MR) is 69.8 cm³/mol. The van der Waals surface area contributed by atoms with E-state index in [1.807, 2.05) is 6.92 Å². The summed E-state index contributed by atoms with van der Waals surface area (Å²) in [6, 6.07) is 3.33. The number of ether oxygens (including phenoxy) is 2. The molecule has 0 atom stereocenters. The van der Waals surface area contributed by atoms with Gasteiger partial charge in [-0.2, -0.15) is 11.8 Å². The van der Waals surface area contributed by atoms with E-state index >= 15 is 0 Å². The van der Waals surface area contributed by atoms with Crippen molar-refractivity contribution in [2.45, 2.75) is 6.92 Å². The van der Waals surface area contributed by atoms with E-state index in [-0.39, 0.29) is 5.78 Å². The van der Waals surface area contributed by atoms with Crippen LogP contribution < -0.4 is 9.47 Å². The summed E-state index contributed by atoms with van der Waals surface area (Å²) in [5.41, 5.74) is 0.511. The van der Waals surface area contributed by atoms with Crippen LogP contribution in [0, 0.1) is 0 Å². The average Bonchev–Trinajstić information content (AvgIpc) is 2.35. The number of Topliss-reactive ketones (excluding diaryl/α,β-unsaturated/α-hetero) is 1. The van der Waals surface area contributed by atoms with Crippen LogP contribution in [0.1, 0.15) is 17.3 Å². The lowest BCUT2D eigenvalue weighted by Gasteiger charge is -2.19. The molecule has 17 heavy (non-hydrogen) atoms. The summed E-state index contributed by atoms with van der Waals surface area (Å²) >= 11 is 7.65. The highest BCUT2D eigenvalue weighted by molar-refractivity contribution is 7.99. The number of carbonyl (C=O) groups excluding carboxylic acids is 1. The van der Waals surface area contributed by atoms with Crippen LogP contribution in [-0.4, -0.2) is 30.5 Å². The lowest BCUT2D eigenvalue weighted by molar-refractivity contribution is 0.102. The Kier molecular flexibility index (Phi) is 4.18. The van der Waals surface area contributed by atoms with Gasteiger partial charge in [-0.1, -0.05) is 18.5 Å². The van der Waals surface area contributed by atoms with Crippen LogP contribution in [-0.2, 0) is 0 Å². The zero-order valence-electron chi connectivity index (χ0n) is 9.49. The maximum atomic E-state index is 11.9. The second-order valence-electron chi connectivity index (χ2n) is 3.54. The molecule has 0 amide bonds. The van der Waals surface area contributed by atoms with Crippen LogP contribution in [0.15, 0.2) is 12.1 Å². The summed E-state index contributed by atoms with van der Waals surface area (Å²) in [6.45, 7) is 3.04. The van der Waals surface area contributed by atoms with Crippen LogP contribution in [0.4, 0.5) is 0 Å². The minimum absolute atomic E-state index is 0.0267. The van der Waals surface area contributed by atoms with Crippen LogP contribution in [0.25, 0.3) is 0 Å². The van der Waals surface area contributed by atoms with Gasteiger partial charge in [-0.3, -0.25) is 4.79 Å². The molecular weight excluding hydrogens is 260 g/mol. The SMILES string of the molecule is CCSCC(=O)c1cc2c(cc1Cl)OCCO2. The molecule has 3 nitrogen and oxygen atoms in total. The zero-order chi connectivity index (χ0) is 12.3. The number of halogens is 1. The third-order valence-corrected chi connectivity index (χ3v) is 3.56. The van der Waals surface area contributed by atoms with Gasteiger partial charge in [0.15, 0.2) is 17.3 Å². The van der Waals surface area contributed by atoms with E-state index in [1.54, 1.807) is 23.9 Å². The summed E-state index contributed by atoms with van der Waals surface area (Å²) in [5.74, 6) is 2.59. The van der Waals surface area contributed by atoms with Gasteiger partial charge in [0, 0.05) is 11.6 Å². The molecule has 0 N–H and O–H groups in total. The molecule has 0 fully saturated rings. The van der Waals surface area contributed by atoms with Gasteiger partial charge in [0.2, 0.25) is 0 Å². The third-order valence-electron chi connectivity index (χ3n) is 2.37. The van der Waals surface area contributed by atoms with Crippen molar-refractivity contribution < 1.29 is 14.3 Å². The van der Waals surface area contributed by atoms with Crippen molar-refractivity contribution in [3.8, 4) is 11.5 Å². The molecule has 1 aromatic carbocycles. The Hall–Kier alpha value is -0.870. The zero-order valence-corrected chi connectivity index (χ0v) is 11.1. The van der Waals surface area contributed by atoms with Crippen molar-refractivity contribution in [3.05, 3.63) is 22.7 Å². The fourth-order valence-electron chi connectivity index (χ4n) is 1.55. The molecule has 1 heterocycles. The molecule has 0 radical (unpaired) electrons. The van der Waals surface area contributed by atoms with Crippen LogP contribution in [0.5, 0.6) is 11.5 Å². The van der Waals surface area contributed by atoms with Gasteiger partial charge in [-0.25, -0.2) is 0 Å². The highest BCUT2D eigenvalue weighted by Gasteiger charge is 2.18. The molecule has 1 aliphatic rings. The fraction of sp³-hybridized carbons (Fsp3) is 0.417. The molecule has 0 aromatic heterocycles. The normalized spacial score (nSPS) is 13.5. The quantitative estimate of drug-likeness (QED) is 0.789. The molecule has 0 unspecified atom stereocenters. The Morgan fingerprint density at radius 3 is 2.65 bits per heavy atom. The predicted octanol–water partition coefficient (Wildman–Crippen LogP) is 3.05. The number of hydrogen-bond acceptors (Lipinski definition) is 4. The van der Waals surface area contributed by atoms with E-state index in [0.29, 0.717) is 41.1 Å². The van der Waals surface area contributed by atoms with Crippen LogP contribution in [0.2, 0.25) is 5.02 Å². The van der Waals surface area contributed by atoms with E-state index in [1.165, 1.54) is 0 Å². The maximum Gasteiger partial charge on any atom is 0.174 e. The van der Waals surface area contributed by atoms with Gasteiger partial charge in [0.25, 0.3) is 0 Å². The highest BCUT2D eigenvalue weighted by Crippen LogP contribution is 2.35. The van der Waals surface area contributed by atoms with Crippen molar-refractivity contribution in [1.82, 2.24) is 0 Å². The summed E-state index contributed by atoms with van der Waals surface area (Å²) < 4.78 is 10.8. The second kappa shape index (κ2) is 5.65. The lowest BCUT2D eigenvalue weighted by Crippen LogP contribution is -2.16. The first-order valence-corrected chi connectivity index (χ1v) is 6.95. The Balaban J connectivity index is 2.25. The van der Waals surface area contributed by atoms with Crippen molar-refractivity contribution in [2.24, 2.45) is 0 Å². The molecule has 92 valence electrons. The summed E-state index contributed by atoms with van der Waals surface area (Å²) in [6.07, 6.45) is 0. The smallest absolute Gasteiger partial charge is 0.174 e. The molecule has 1 aromatic rings. The summed E-state index contributed by atoms with van der Waals surface area (Å²) in [5, 5.41) is 0.427. The Bertz CT molecular complexity index is 434. The fourth-order valence-corrected chi connectivity index (χ4v) is 2.35. The Labute approximate surface area is 109 Å². The Morgan fingerprint density at radius 1 is 1.35 bits per heavy atom. The van der Waals surface area contributed by atoms with Crippen LogP contribution >= 0.6 is 23.4 Å². The molecular formula is C12H13ClO3S. The molecule has 1 aliphatic heterocycles. The number of hydrogen-bond donors (Lipinski definition) is 0. The molecule has 0 bridgehead atoms. The number of benzene rings is 1. The van der Waals surface area contributed by atoms with E-state index in [2.05, 4.69) is 0 Å². The van der Waals surface area contributed by atoms with Crippen molar-refractivity contribution in [1.29, 1.82) is 0 Å². The standard InChI is InChI=1S/C12H13ClO3S/c1-2-17-7-10(14)8-5-11-12(6-9(8)13)16-4-3-15-11/h5-6H,2-4,7H2,1H3. The molecule has 0 saturated heterocycles. The van der Waals surface area contributed by atoms with Crippen LogP contribution in [0.3, 0.4) is 0 Å². The topological polar surface area (TPSA) is 35.5 Å². The first kappa shape index (κ1) is 12.6. The lowest BCUT2D eigenvalue weighted by atomic mass is 10.1. The van der Waals surface area contributed by atoms with E-state index in [4.69, 9.17) is 21.1 Å². The van der Waals surface area contributed by atoms with Gasteiger partial charge in [-0.15, -0.1) is 0 Å². The average molecular weight is 273 g/mol. The van der Waals surface area contributed by atoms with E-state index < -0.39 is 0 Å². The van der Waals surface area contributed by atoms with Gasteiger partial charge in [0.05, 0.1) is 10.8 Å². The van der Waals surface area contributed by atoms with Gasteiger partial charge in [-0.05, 0) is 11.8 Å². The molecule has 0 saturated carbocycles. The second-order valence-corrected chi connectivity index (χ2v) is 5.22. The number of fused-ring (bicyclic) bond motifs is 1. The summed E-state index contributed by atoms with van der Waals surface area (Å²) in [4.78, 5) is 11.9. The number of rotatable bonds is 4. The van der Waals surface area contributed by atoms with Crippen molar-refractivity contribution in [2.75, 3.05) is 24.7 Å². The number of thioether (sulfide) groups is 1. The molecule has 0 aliphatic carbocycles. The van der Waals surface area contributed by atoms with E-state index in [9.17, 15) is 4.79 Å². The third kappa shape index (κ3) is 2.87. The monoisotopic (exact) mass is 272 g/mol. The minimum atomic E-state index is 0.0267. The minimum Gasteiger partial charge on any atom is -0.486 e. The first-order chi connectivity index (χ1) is 8.22. The highest BCUT2D eigenvalue weighted by atomic mass is 35.5. The van der Waals surface area contributed by atoms with Crippen molar-refractivity contribution >= 4 is 29.1 Å². The molecule has 0 spiro atoms. The van der Waals surface area contributed by atoms with Gasteiger partial charge >= 0.3 is 0 Å². The number of ketones is 1. The van der Waals surface area contributed by atoms with Gasteiger partial charge in [0.1, 0.15) is 13.2 Å². The number of carbonyl (C=O) groups is 1. The first-order valence-electron chi connectivity index (χ1n) is 5.42. The summed E-state index contributed by atoms with van der Waals surface area (Å²) in [7, 11) is 0. The molecule has 5 heteroatoms. The van der Waals surface area contributed by atoms with Gasteiger partial charge < -0.3 is 9.47 Å². The van der Waals surface area contributed by atoms with Crippen molar-refractivity contribution in [3.63, 3.8) is 0 Å². The Morgan fingerprint density at radius 2 is 2.00 bits per heavy atom. The van der Waals surface area contributed by atoms with E-state index in [0.717, 1.165) is 5.75 Å².